The van der Waals surface area contributed by atoms with E-state index in [4.69, 9.17) is 14.3 Å². The molecule has 0 amide bonds. The Bertz CT molecular complexity index is 906. The Labute approximate surface area is 168 Å². The summed E-state index contributed by atoms with van der Waals surface area (Å²) >= 11 is 0. The maximum atomic E-state index is 13.3. The number of esters is 2. The molecule has 1 aliphatic rings. The Hall–Kier alpha value is -3.22. The summed E-state index contributed by atoms with van der Waals surface area (Å²) in [6, 6.07) is 13.0. The standard InChI is InChI=1S/C22H22FNO5/c1-27-22(26)20(24-28-2)18-6-4-3-5-17(18)19(29-21(25)15-9-10-15)13-14-7-11-16(23)12-8-14/h3-8,11-12,15,19H,9-10,13H2,1-2H3. The fraction of sp³-hybridized carbons (Fsp3) is 0.318. The van der Waals surface area contributed by atoms with Gasteiger partial charge in [-0.05, 0) is 30.5 Å². The number of carbonyl (C=O) groups excluding carboxylic acids is 2. The molecule has 0 saturated heterocycles. The third-order valence-electron chi connectivity index (χ3n) is 4.63. The second-order valence-corrected chi connectivity index (χ2v) is 6.73. The van der Waals surface area contributed by atoms with Crippen LogP contribution in [0.4, 0.5) is 4.39 Å². The largest absolute Gasteiger partial charge is 0.464 e. The smallest absolute Gasteiger partial charge is 0.360 e. The van der Waals surface area contributed by atoms with E-state index in [0.29, 0.717) is 17.5 Å². The summed E-state index contributed by atoms with van der Waals surface area (Å²) < 4.78 is 23.9. The molecule has 1 unspecified atom stereocenters. The zero-order valence-corrected chi connectivity index (χ0v) is 16.3. The molecule has 0 spiro atoms. The van der Waals surface area contributed by atoms with Crippen LogP contribution >= 0.6 is 0 Å². The first kappa shape index (κ1) is 20.5. The Morgan fingerprint density at radius 3 is 2.41 bits per heavy atom. The van der Waals surface area contributed by atoms with Crippen LogP contribution in [-0.4, -0.2) is 31.9 Å². The van der Waals surface area contributed by atoms with Gasteiger partial charge in [0.2, 0.25) is 0 Å². The number of oxime groups is 1. The minimum Gasteiger partial charge on any atom is -0.464 e. The molecule has 1 aliphatic carbocycles. The molecule has 1 atom stereocenters. The maximum Gasteiger partial charge on any atom is 0.360 e. The zero-order chi connectivity index (χ0) is 20.8. The van der Waals surface area contributed by atoms with Gasteiger partial charge in [-0.15, -0.1) is 0 Å². The first-order chi connectivity index (χ1) is 14.0. The first-order valence-corrected chi connectivity index (χ1v) is 9.27. The lowest BCUT2D eigenvalue weighted by molar-refractivity contribution is -0.151. The number of halogens is 1. The Kier molecular flexibility index (Phi) is 6.59. The fourth-order valence-corrected chi connectivity index (χ4v) is 2.98. The van der Waals surface area contributed by atoms with Crippen molar-refractivity contribution in [1.29, 1.82) is 0 Å². The molecule has 3 rings (SSSR count). The molecule has 0 aromatic heterocycles. The summed E-state index contributed by atoms with van der Waals surface area (Å²) in [6.07, 6.45) is 1.25. The van der Waals surface area contributed by atoms with Crippen molar-refractivity contribution in [2.24, 2.45) is 11.1 Å². The SMILES string of the molecule is CON=C(C(=O)OC)c1ccccc1C(Cc1ccc(F)cc1)OC(=O)C1CC1. The van der Waals surface area contributed by atoms with Gasteiger partial charge in [0.25, 0.3) is 0 Å². The van der Waals surface area contributed by atoms with Crippen molar-refractivity contribution in [3.05, 3.63) is 71.0 Å². The van der Waals surface area contributed by atoms with Crippen LogP contribution in [0.15, 0.2) is 53.7 Å². The van der Waals surface area contributed by atoms with E-state index in [2.05, 4.69) is 5.16 Å². The first-order valence-electron chi connectivity index (χ1n) is 9.27. The summed E-state index contributed by atoms with van der Waals surface area (Å²) in [4.78, 5) is 29.4. The third-order valence-corrected chi connectivity index (χ3v) is 4.63. The van der Waals surface area contributed by atoms with E-state index in [1.165, 1.54) is 26.4 Å². The van der Waals surface area contributed by atoms with Crippen LogP contribution < -0.4 is 0 Å². The van der Waals surface area contributed by atoms with E-state index in [0.717, 1.165) is 18.4 Å². The van der Waals surface area contributed by atoms with Gasteiger partial charge in [0.05, 0.1) is 13.0 Å². The zero-order valence-electron chi connectivity index (χ0n) is 16.3. The van der Waals surface area contributed by atoms with Crippen LogP contribution in [0.25, 0.3) is 0 Å². The van der Waals surface area contributed by atoms with Crippen molar-refractivity contribution in [3.8, 4) is 0 Å². The molecule has 2 aromatic rings. The van der Waals surface area contributed by atoms with Gasteiger partial charge in [0.1, 0.15) is 19.0 Å². The van der Waals surface area contributed by atoms with E-state index in [-0.39, 0.29) is 23.4 Å². The second-order valence-electron chi connectivity index (χ2n) is 6.73. The molecule has 1 fully saturated rings. The lowest BCUT2D eigenvalue weighted by atomic mass is 9.94. The molecule has 0 heterocycles. The molecule has 2 aromatic carbocycles. The Balaban J connectivity index is 2.00. The van der Waals surface area contributed by atoms with Crippen LogP contribution in [0.5, 0.6) is 0 Å². The highest BCUT2D eigenvalue weighted by Gasteiger charge is 2.34. The molecule has 0 aliphatic heterocycles. The number of benzene rings is 2. The van der Waals surface area contributed by atoms with Crippen molar-refractivity contribution in [2.75, 3.05) is 14.2 Å². The number of methoxy groups -OCH3 is 1. The molecule has 0 radical (unpaired) electrons. The second kappa shape index (κ2) is 9.32. The Morgan fingerprint density at radius 2 is 1.79 bits per heavy atom. The topological polar surface area (TPSA) is 74.2 Å². The van der Waals surface area contributed by atoms with Gasteiger partial charge in [-0.1, -0.05) is 41.6 Å². The number of nitrogens with zero attached hydrogens (tertiary/aromatic N) is 1. The number of hydrogen-bond donors (Lipinski definition) is 0. The predicted molar refractivity (Wildman–Crippen MR) is 104 cm³/mol. The van der Waals surface area contributed by atoms with Gasteiger partial charge < -0.3 is 14.3 Å². The van der Waals surface area contributed by atoms with Gasteiger partial charge in [-0.25, -0.2) is 9.18 Å². The van der Waals surface area contributed by atoms with Crippen LogP contribution in [0.3, 0.4) is 0 Å². The van der Waals surface area contributed by atoms with Crippen LogP contribution in [0.1, 0.15) is 35.6 Å². The number of ether oxygens (including phenoxy) is 2. The summed E-state index contributed by atoms with van der Waals surface area (Å²) in [5.74, 6) is -1.39. The molecule has 152 valence electrons. The average molecular weight is 399 g/mol. The van der Waals surface area contributed by atoms with Crippen molar-refractivity contribution in [2.45, 2.75) is 25.4 Å². The molecule has 6 nitrogen and oxygen atoms in total. The molecular formula is C22H22FNO5. The van der Waals surface area contributed by atoms with E-state index < -0.39 is 12.1 Å². The third kappa shape index (κ3) is 5.19. The summed E-state index contributed by atoms with van der Waals surface area (Å²) in [5, 5.41) is 3.81. The lowest BCUT2D eigenvalue weighted by Gasteiger charge is -2.21. The highest BCUT2D eigenvalue weighted by Crippen LogP contribution is 2.34. The van der Waals surface area contributed by atoms with Gasteiger partial charge in [0, 0.05) is 17.5 Å². The quantitative estimate of drug-likeness (QED) is 0.385. The minimum absolute atomic E-state index is 0.0304. The van der Waals surface area contributed by atoms with Gasteiger partial charge in [-0.2, -0.15) is 0 Å². The normalized spacial score (nSPS) is 14.8. The molecule has 0 N–H and O–H groups in total. The Morgan fingerprint density at radius 1 is 1.10 bits per heavy atom. The highest BCUT2D eigenvalue weighted by atomic mass is 19.1. The van der Waals surface area contributed by atoms with Crippen molar-refractivity contribution in [3.63, 3.8) is 0 Å². The van der Waals surface area contributed by atoms with E-state index in [1.807, 2.05) is 0 Å². The van der Waals surface area contributed by atoms with Crippen molar-refractivity contribution in [1.82, 2.24) is 0 Å². The van der Waals surface area contributed by atoms with Crippen LogP contribution in [0, 0.1) is 11.7 Å². The average Bonchev–Trinajstić information content (AvgIpc) is 3.58. The molecule has 29 heavy (non-hydrogen) atoms. The van der Waals surface area contributed by atoms with E-state index in [9.17, 15) is 14.0 Å². The molecular weight excluding hydrogens is 377 g/mol. The summed E-state index contributed by atoms with van der Waals surface area (Å²) in [7, 11) is 2.58. The number of rotatable bonds is 8. The number of hydrogen-bond acceptors (Lipinski definition) is 6. The van der Waals surface area contributed by atoms with Gasteiger partial charge in [0.15, 0.2) is 5.71 Å². The predicted octanol–water partition coefficient (Wildman–Crippen LogP) is 3.59. The van der Waals surface area contributed by atoms with Gasteiger partial charge >= 0.3 is 11.9 Å². The molecule has 0 bridgehead atoms. The van der Waals surface area contributed by atoms with Crippen molar-refractivity contribution >= 4 is 17.7 Å². The van der Waals surface area contributed by atoms with E-state index in [1.54, 1.807) is 36.4 Å². The van der Waals surface area contributed by atoms with Crippen LogP contribution in [0.2, 0.25) is 0 Å². The molecule has 7 heteroatoms. The molecule has 1 saturated carbocycles. The summed E-state index contributed by atoms with van der Waals surface area (Å²) in [5.41, 5.74) is 1.79. The number of carbonyl (C=O) groups is 2. The lowest BCUT2D eigenvalue weighted by Crippen LogP contribution is -2.23. The van der Waals surface area contributed by atoms with E-state index >= 15 is 0 Å². The maximum absolute atomic E-state index is 13.3. The minimum atomic E-state index is -0.684. The van der Waals surface area contributed by atoms with Gasteiger partial charge in [-0.3, -0.25) is 4.79 Å². The highest BCUT2D eigenvalue weighted by molar-refractivity contribution is 6.43. The fourth-order valence-electron chi connectivity index (χ4n) is 2.98. The summed E-state index contributed by atoms with van der Waals surface area (Å²) in [6.45, 7) is 0. The monoisotopic (exact) mass is 399 g/mol. The van der Waals surface area contributed by atoms with Crippen LogP contribution in [-0.2, 0) is 30.3 Å². The van der Waals surface area contributed by atoms with Crippen molar-refractivity contribution < 1.29 is 28.3 Å².